The van der Waals surface area contributed by atoms with Crippen LogP contribution >= 0.6 is 0 Å². The molecule has 5 rings (SSSR count). The third-order valence-corrected chi connectivity index (χ3v) is 5.88. The van der Waals surface area contributed by atoms with Crippen LogP contribution in [0.25, 0.3) is 51.4 Å². The van der Waals surface area contributed by atoms with E-state index in [1.54, 1.807) is 18.2 Å². The zero-order chi connectivity index (χ0) is 25.4. The van der Waals surface area contributed by atoms with Crippen LogP contribution in [-0.2, 0) is 5.41 Å². The van der Waals surface area contributed by atoms with E-state index in [-0.39, 0.29) is 22.9 Å². The van der Waals surface area contributed by atoms with E-state index in [9.17, 15) is 5.11 Å². The summed E-state index contributed by atoms with van der Waals surface area (Å²) in [5.74, 6) is 1.33. The molecule has 0 fully saturated rings. The Kier molecular flexibility index (Phi) is 5.76. The number of nitrogens with zero attached hydrogens (tertiary/aromatic N) is 4. The molecule has 2 aromatic heterocycles. The fourth-order valence-corrected chi connectivity index (χ4v) is 3.78. The molecule has 0 atom stereocenters. The van der Waals surface area contributed by atoms with Gasteiger partial charge in [0.05, 0.1) is 0 Å². The normalized spacial score (nSPS) is 11.6. The third kappa shape index (κ3) is 4.68. The lowest BCUT2D eigenvalue weighted by molar-refractivity contribution is 0.474. The van der Waals surface area contributed by atoms with Crippen molar-refractivity contribution < 1.29 is 13.9 Å². The van der Waals surface area contributed by atoms with Crippen LogP contribution in [0.4, 0.5) is 0 Å². The molecular weight excluding hydrogens is 452 g/mol. The van der Waals surface area contributed by atoms with Crippen molar-refractivity contribution in [2.75, 3.05) is 0 Å². The molecule has 7 nitrogen and oxygen atoms in total. The highest BCUT2D eigenvalue weighted by molar-refractivity contribution is 5.69. The topological polar surface area (TPSA) is 98.1 Å². The Morgan fingerprint density at radius 3 is 1.50 bits per heavy atom. The Bertz CT molecular complexity index is 1540. The first-order chi connectivity index (χ1) is 17.2. The Morgan fingerprint density at radius 2 is 1.08 bits per heavy atom. The van der Waals surface area contributed by atoms with E-state index in [1.165, 1.54) is 5.56 Å². The predicted octanol–water partition coefficient (Wildman–Crippen LogP) is 7.16. The average Bonchev–Trinajstić information content (AvgIpc) is 3.54. The molecule has 180 valence electrons. The molecular formula is C29H26N4O3. The number of allylic oxidation sites excluding steroid dienone is 1. The number of aromatic hydroxyl groups is 1. The number of aromatic nitrogens is 4. The maximum atomic E-state index is 10.4. The lowest BCUT2D eigenvalue weighted by atomic mass is 9.87. The summed E-state index contributed by atoms with van der Waals surface area (Å²) < 4.78 is 11.8. The molecule has 0 bridgehead atoms. The summed E-state index contributed by atoms with van der Waals surface area (Å²) in [4.78, 5) is 0. The monoisotopic (exact) mass is 478 g/mol. The largest absolute Gasteiger partial charge is 0.508 e. The molecule has 0 amide bonds. The van der Waals surface area contributed by atoms with Crippen LogP contribution in [0.5, 0.6) is 5.75 Å². The van der Waals surface area contributed by atoms with Crippen molar-refractivity contribution in [1.29, 1.82) is 0 Å². The van der Waals surface area contributed by atoms with Gasteiger partial charge in [-0.1, -0.05) is 57.2 Å². The Hall–Kier alpha value is -4.52. The van der Waals surface area contributed by atoms with Crippen molar-refractivity contribution in [3.05, 3.63) is 84.4 Å². The smallest absolute Gasteiger partial charge is 0.248 e. The summed E-state index contributed by atoms with van der Waals surface area (Å²) in [6, 6.07) is 20.6. The molecule has 0 radical (unpaired) electrons. The van der Waals surface area contributed by atoms with Crippen LogP contribution in [0.1, 0.15) is 38.8 Å². The quantitative estimate of drug-likeness (QED) is 0.286. The first-order valence-corrected chi connectivity index (χ1v) is 11.6. The number of phenolic OH excluding ortho intramolecular Hbond substituents is 1. The fourth-order valence-electron chi connectivity index (χ4n) is 3.78. The molecule has 2 heterocycles. The first-order valence-electron chi connectivity index (χ1n) is 11.6. The van der Waals surface area contributed by atoms with Gasteiger partial charge in [0.25, 0.3) is 0 Å². The highest BCUT2D eigenvalue weighted by Crippen LogP contribution is 2.33. The zero-order valence-electron chi connectivity index (χ0n) is 20.6. The van der Waals surface area contributed by atoms with E-state index >= 15 is 0 Å². The number of hydrogen-bond donors (Lipinski definition) is 1. The average molecular weight is 479 g/mol. The van der Waals surface area contributed by atoms with Gasteiger partial charge in [-0.15, -0.1) is 20.4 Å². The number of rotatable bonds is 5. The van der Waals surface area contributed by atoms with Gasteiger partial charge >= 0.3 is 0 Å². The van der Waals surface area contributed by atoms with Gasteiger partial charge in [-0.2, -0.15) is 0 Å². The minimum Gasteiger partial charge on any atom is -0.508 e. The highest BCUT2D eigenvalue weighted by Gasteiger charge is 2.18. The maximum absolute atomic E-state index is 10.4. The highest BCUT2D eigenvalue weighted by atomic mass is 16.4. The number of hydrogen-bond acceptors (Lipinski definition) is 7. The van der Waals surface area contributed by atoms with Crippen LogP contribution in [0.15, 0.2) is 82.1 Å². The van der Waals surface area contributed by atoms with E-state index in [0.29, 0.717) is 22.9 Å². The van der Waals surface area contributed by atoms with Gasteiger partial charge in [-0.25, -0.2) is 0 Å². The summed E-state index contributed by atoms with van der Waals surface area (Å²) >= 11 is 0. The molecule has 7 heteroatoms. The van der Waals surface area contributed by atoms with E-state index in [2.05, 4.69) is 59.9 Å². The molecule has 1 N–H and O–H groups in total. The van der Waals surface area contributed by atoms with Crippen molar-refractivity contribution in [2.45, 2.75) is 33.1 Å². The van der Waals surface area contributed by atoms with Gasteiger partial charge in [0.2, 0.25) is 23.6 Å². The van der Waals surface area contributed by atoms with Gasteiger partial charge in [-0.05, 0) is 65.9 Å². The second kappa shape index (κ2) is 8.92. The molecule has 36 heavy (non-hydrogen) atoms. The van der Waals surface area contributed by atoms with Gasteiger partial charge in [0.15, 0.2) is 0 Å². The van der Waals surface area contributed by atoms with Crippen LogP contribution < -0.4 is 0 Å². The van der Waals surface area contributed by atoms with Crippen molar-refractivity contribution in [3.8, 4) is 51.6 Å². The molecule has 0 spiro atoms. The van der Waals surface area contributed by atoms with Gasteiger partial charge < -0.3 is 13.9 Å². The second-order valence-electron chi connectivity index (χ2n) is 9.78. The van der Waals surface area contributed by atoms with E-state index in [4.69, 9.17) is 8.83 Å². The molecule has 0 unspecified atom stereocenters. The maximum Gasteiger partial charge on any atom is 0.248 e. The van der Waals surface area contributed by atoms with Gasteiger partial charge in [-0.3, -0.25) is 0 Å². The third-order valence-electron chi connectivity index (χ3n) is 5.88. The second-order valence-corrected chi connectivity index (χ2v) is 9.78. The van der Waals surface area contributed by atoms with Crippen LogP contribution in [0.2, 0.25) is 0 Å². The Balaban J connectivity index is 1.42. The number of phenols is 1. The van der Waals surface area contributed by atoms with E-state index < -0.39 is 0 Å². The van der Waals surface area contributed by atoms with Crippen molar-refractivity contribution in [1.82, 2.24) is 20.4 Å². The van der Waals surface area contributed by atoms with Crippen LogP contribution in [-0.4, -0.2) is 25.5 Å². The zero-order valence-corrected chi connectivity index (χ0v) is 20.6. The standard InChI is InChI=1S/C29H26N4O3/c1-17(2)18-6-8-19(9-7-18)25-30-32-27(35-25)21-14-22(16-24(34)15-21)28-33-31-26(36-28)20-10-12-23(13-11-20)29(3,4)5/h6-16,34H,1H2,2-5H3. The SMILES string of the molecule is C=C(C)c1ccc(-c2nnc(-c3cc(O)cc(-c4nnc(-c5ccc(C(C)(C)C)cc5)o4)c3)o2)cc1. The molecule has 0 saturated carbocycles. The fraction of sp³-hybridized carbons (Fsp3) is 0.172. The van der Waals surface area contributed by atoms with Gasteiger partial charge in [0, 0.05) is 22.3 Å². The van der Waals surface area contributed by atoms with Crippen molar-refractivity contribution in [2.24, 2.45) is 0 Å². The molecule has 3 aromatic carbocycles. The Labute approximate surface area is 209 Å². The predicted molar refractivity (Wildman–Crippen MR) is 139 cm³/mol. The van der Waals surface area contributed by atoms with E-state index in [0.717, 1.165) is 22.3 Å². The van der Waals surface area contributed by atoms with E-state index in [1.807, 2.05) is 43.3 Å². The minimum atomic E-state index is 0.0161. The molecule has 0 aliphatic rings. The molecule has 5 aromatic rings. The lowest BCUT2D eigenvalue weighted by Gasteiger charge is -2.18. The minimum absolute atomic E-state index is 0.0161. The van der Waals surface area contributed by atoms with Gasteiger partial charge in [0.1, 0.15) is 5.75 Å². The van der Waals surface area contributed by atoms with Crippen LogP contribution in [0, 0.1) is 0 Å². The Morgan fingerprint density at radius 1 is 0.667 bits per heavy atom. The van der Waals surface area contributed by atoms with Crippen molar-refractivity contribution >= 4 is 5.57 Å². The summed E-state index contributed by atoms with van der Waals surface area (Å²) in [6.07, 6.45) is 0. The molecule has 0 aliphatic heterocycles. The summed E-state index contributed by atoms with van der Waals surface area (Å²) in [5.41, 5.74) is 5.98. The van der Waals surface area contributed by atoms with Crippen LogP contribution in [0.3, 0.4) is 0 Å². The molecule has 0 saturated heterocycles. The first kappa shape index (κ1) is 23.2. The summed E-state index contributed by atoms with van der Waals surface area (Å²) in [6.45, 7) is 12.4. The lowest BCUT2D eigenvalue weighted by Crippen LogP contribution is -2.10. The summed E-state index contributed by atoms with van der Waals surface area (Å²) in [5, 5.41) is 27.1. The number of benzene rings is 3. The summed E-state index contributed by atoms with van der Waals surface area (Å²) in [7, 11) is 0. The molecule has 0 aliphatic carbocycles. The van der Waals surface area contributed by atoms with Crippen molar-refractivity contribution in [3.63, 3.8) is 0 Å².